The average Bonchev–Trinajstić information content (AvgIpc) is 2.61. The molecule has 0 aliphatic heterocycles. The number of carbonyl (C=O) groups is 2. The topological polar surface area (TPSA) is 83.8 Å². The van der Waals surface area contributed by atoms with Crippen molar-refractivity contribution in [2.75, 3.05) is 6.61 Å². The first-order chi connectivity index (χ1) is 11.6. The van der Waals surface area contributed by atoms with Gasteiger partial charge < -0.3 is 14.9 Å². The Morgan fingerprint density at radius 3 is 2.04 bits per heavy atom. The van der Waals surface area contributed by atoms with Crippen LogP contribution >= 0.6 is 0 Å². The van der Waals surface area contributed by atoms with Crippen molar-refractivity contribution in [2.45, 2.75) is 0 Å². The van der Waals surface area contributed by atoms with Gasteiger partial charge in [-0.2, -0.15) is 0 Å². The predicted molar refractivity (Wildman–Crippen MR) is 90.5 cm³/mol. The van der Waals surface area contributed by atoms with E-state index < -0.39 is 11.9 Å². The molecule has 0 bridgehead atoms. The average molecular weight is 324 g/mol. The smallest absolute Gasteiger partial charge is 0.341 e. The van der Waals surface area contributed by atoms with Gasteiger partial charge in [-0.3, -0.25) is 0 Å². The number of carboxylic acids is 2. The molecule has 3 rings (SSSR count). The number of rotatable bonds is 4. The number of hydrogen-bond donors (Lipinski definition) is 2. The van der Waals surface area contributed by atoms with Crippen LogP contribution in [0.15, 0.2) is 72.8 Å². The van der Waals surface area contributed by atoms with E-state index in [0.29, 0.717) is 11.3 Å². The molecule has 0 saturated heterocycles. The highest BCUT2D eigenvalue weighted by Gasteiger charge is 2.03. The molecule has 0 fully saturated rings. The first kappa shape index (κ1) is 17.0. The van der Waals surface area contributed by atoms with E-state index in [0.717, 1.165) is 10.8 Å². The van der Waals surface area contributed by atoms with Crippen LogP contribution in [0.5, 0.6) is 5.75 Å². The summed E-state index contributed by atoms with van der Waals surface area (Å²) < 4.78 is 5.18. The molecule has 0 atom stereocenters. The summed E-state index contributed by atoms with van der Waals surface area (Å²) in [5.74, 6) is -1.24. The van der Waals surface area contributed by atoms with Gasteiger partial charge in [0, 0.05) is 5.39 Å². The normalized spacial score (nSPS) is 9.67. The van der Waals surface area contributed by atoms with Crippen molar-refractivity contribution in [1.82, 2.24) is 0 Å². The maximum Gasteiger partial charge on any atom is 0.341 e. The second kappa shape index (κ2) is 8.33. The van der Waals surface area contributed by atoms with Gasteiger partial charge in [-0.25, -0.2) is 9.59 Å². The van der Waals surface area contributed by atoms with Crippen LogP contribution < -0.4 is 4.74 Å². The Morgan fingerprint density at radius 1 is 0.792 bits per heavy atom. The van der Waals surface area contributed by atoms with Gasteiger partial charge >= 0.3 is 11.9 Å². The number of hydrogen-bond acceptors (Lipinski definition) is 3. The minimum Gasteiger partial charge on any atom is -0.481 e. The minimum absolute atomic E-state index is 0.312. The van der Waals surface area contributed by atoms with Crippen LogP contribution in [0.1, 0.15) is 10.4 Å². The van der Waals surface area contributed by atoms with Crippen LogP contribution in [-0.2, 0) is 4.79 Å². The van der Waals surface area contributed by atoms with Crippen LogP contribution in [0.4, 0.5) is 0 Å². The monoisotopic (exact) mass is 324 g/mol. The SMILES string of the molecule is O=C(O)COc1cccc2ccccc12.O=C(O)c1ccccc1. The highest BCUT2D eigenvalue weighted by molar-refractivity contribution is 5.88. The Hall–Kier alpha value is -3.34. The molecule has 0 aliphatic carbocycles. The lowest BCUT2D eigenvalue weighted by Gasteiger charge is -2.06. The van der Waals surface area contributed by atoms with Gasteiger partial charge in [-0.15, -0.1) is 0 Å². The van der Waals surface area contributed by atoms with Crippen molar-refractivity contribution < 1.29 is 24.5 Å². The number of fused-ring (bicyclic) bond motifs is 1. The highest BCUT2D eigenvalue weighted by Crippen LogP contribution is 2.24. The maximum atomic E-state index is 10.4. The summed E-state index contributed by atoms with van der Waals surface area (Å²) in [7, 11) is 0. The fraction of sp³-hybridized carbons (Fsp3) is 0.0526. The number of benzene rings is 3. The van der Waals surface area contributed by atoms with Crippen LogP contribution in [0.2, 0.25) is 0 Å². The first-order valence-corrected chi connectivity index (χ1v) is 7.18. The zero-order valence-electron chi connectivity index (χ0n) is 12.8. The quantitative estimate of drug-likeness (QED) is 0.764. The third-order valence-electron chi connectivity index (χ3n) is 3.12. The van der Waals surface area contributed by atoms with Crippen molar-refractivity contribution in [1.29, 1.82) is 0 Å². The highest BCUT2D eigenvalue weighted by atomic mass is 16.5. The summed E-state index contributed by atoms with van der Waals surface area (Å²) in [6, 6.07) is 21.6. The molecule has 5 heteroatoms. The fourth-order valence-corrected chi connectivity index (χ4v) is 2.04. The van der Waals surface area contributed by atoms with E-state index in [1.807, 2.05) is 36.4 Å². The van der Waals surface area contributed by atoms with E-state index in [4.69, 9.17) is 14.9 Å². The lowest BCUT2D eigenvalue weighted by Crippen LogP contribution is -2.09. The van der Waals surface area contributed by atoms with Crippen molar-refractivity contribution >= 4 is 22.7 Å². The summed E-state index contributed by atoms with van der Waals surface area (Å²) in [6.45, 7) is -0.312. The van der Waals surface area contributed by atoms with Gasteiger partial charge in [-0.05, 0) is 23.6 Å². The van der Waals surface area contributed by atoms with Crippen LogP contribution in [0.25, 0.3) is 10.8 Å². The molecule has 122 valence electrons. The number of aliphatic carboxylic acids is 1. The van der Waals surface area contributed by atoms with Crippen LogP contribution in [0, 0.1) is 0 Å². The summed E-state index contributed by atoms with van der Waals surface area (Å²) in [6.07, 6.45) is 0. The molecule has 24 heavy (non-hydrogen) atoms. The Kier molecular flexibility index (Phi) is 5.91. The predicted octanol–water partition coefficient (Wildman–Crippen LogP) is 3.69. The molecule has 0 radical (unpaired) electrons. The molecule has 3 aromatic carbocycles. The summed E-state index contributed by atoms with van der Waals surface area (Å²) in [4.78, 5) is 20.6. The van der Waals surface area contributed by atoms with Crippen molar-refractivity contribution in [2.24, 2.45) is 0 Å². The molecule has 0 heterocycles. The van der Waals surface area contributed by atoms with Gasteiger partial charge in [0.2, 0.25) is 0 Å². The van der Waals surface area contributed by atoms with E-state index in [1.165, 1.54) is 0 Å². The lowest BCUT2D eigenvalue weighted by molar-refractivity contribution is -0.139. The third kappa shape index (κ3) is 4.84. The summed E-state index contributed by atoms with van der Waals surface area (Å²) in [5, 5.41) is 18.9. The Labute approximate surface area is 138 Å². The van der Waals surface area contributed by atoms with E-state index in [2.05, 4.69) is 0 Å². The molecular formula is C19H16O5. The van der Waals surface area contributed by atoms with Crippen molar-refractivity contribution in [3.05, 3.63) is 78.4 Å². The van der Waals surface area contributed by atoms with Crippen molar-refractivity contribution in [3.63, 3.8) is 0 Å². The van der Waals surface area contributed by atoms with Gasteiger partial charge in [-0.1, -0.05) is 54.6 Å². The van der Waals surface area contributed by atoms with Gasteiger partial charge in [0.1, 0.15) is 5.75 Å². The van der Waals surface area contributed by atoms with Crippen LogP contribution in [0.3, 0.4) is 0 Å². The molecule has 3 aromatic rings. The second-order valence-electron chi connectivity index (χ2n) is 4.83. The molecule has 0 aliphatic rings. The number of carboxylic acid groups (broad SMARTS) is 2. The van der Waals surface area contributed by atoms with E-state index >= 15 is 0 Å². The molecule has 0 unspecified atom stereocenters. The van der Waals surface area contributed by atoms with E-state index in [9.17, 15) is 9.59 Å². The van der Waals surface area contributed by atoms with Crippen molar-refractivity contribution in [3.8, 4) is 5.75 Å². The Balaban J connectivity index is 0.000000198. The second-order valence-corrected chi connectivity index (χ2v) is 4.83. The Bertz CT molecular complexity index is 822. The van der Waals surface area contributed by atoms with E-state index in [-0.39, 0.29) is 6.61 Å². The molecule has 0 amide bonds. The Morgan fingerprint density at radius 2 is 1.42 bits per heavy atom. The molecule has 0 aromatic heterocycles. The molecule has 5 nitrogen and oxygen atoms in total. The molecular weight excluding hydrogens is 308 g/mol. The minimum atomic E-state index is -0.970. The molecule has 0 saturated carbocycles. The lowest BCUT2D eigenvalue weighted by atomic mass is 10.1. The standard InChI is InChI=1S/C12H10O3.C7H6O2/c13-12(14)8-15-11-7-3-5-9-4-1-2-6-10(9)11;8-7(9)6-4-2-1-3-5-6/h1-7H,8H2,(H,13,14);1-5H,(H,8,9). The van der Waals surface area contributed by atoms with E-state index in [1.54, 1.807) is 36.4 Å². The first-order valence-electron chi connectivity index (χ1n) is 7.18. The zero-order chi connectivity index (χ0) is 17.4. The molecule has 2 N–H and O–H groups in total. The summed E-state index contributed by atoms with van der Waals surface area (Å²) in [5.41, 5.74) is 0.331. The van der Waals surface area contributed by atoms with Gasteiger partial charge in [0.15, 0.2) is 6.61 Å². The number of aromatic carboxylic acids is 1. The zero-order valence-corrected chi connectivity index (χ0v) is 12.8. The number of ether oxygens (including phenoxy) is 1. The maximum absolute atomic E-state index is 10.4. The fourth-order valence-electron chi connectivity index (χ4n) is 2.04. The van der Waals surface area contributed by atoms with Gasteiger partial charge in [0.05, 0.1) is 5.56 Å². The molecule has 0 spiro atoms. The third-order valence-corrected chi connectivity index (χ3v) is 3.12. The largest absolute Gasteiger partial charge is 0.481 e. The summed E-state index contributed by atoms with van der Waals surface area (Å²) >= 11 is 0. The van der Waals surface area contributed by atoms with Gasteiger partial charge in [0.25, 0.3) is 0 Å². The van der Waals surface area contributed by atoms with Crippen LogP contribution in [-0.4, -0.2) is 28.8 Å².